The first-order chi connectivity index (χ1) is 16.7. The fraction of sp³-hybridized carbons (Fsp3) is 0.310. The molecule has 2 aromatic heterocycles. The second-order valence-corrected chi connectivity index (χ2v) is 8.87. The van der Waals surface area contributed by atoms with Crippen molar-refractivity contribution < 1.29 is 4.74 Å². The number of fused-ring (bicyclic) bond motifs is 1. The number of pyridine rings is 2. The lowest BCUT2D eigenvalue weighted by molar-refractivity contribution is 0.271. The average molecular weight is 453 g/mol. The second-order valence-electron chi connectivity index (χ2n) is 8.87. The molecular formula is C29H32N4O. The Bertz CT molecular complexity index is 1250. The topological polar surface area (TPSA) is 41.5 Å². The highest BCUT2D eigenvalue weighted by molar-refractivity contribution is 5.95. The van der Waals surface area contributed by atoms with Gasteiger partial charge in [0.05, 0.1) is 12.3 Å². The molecule has 1 saturated heterocycles. The molecule has 5 rings (SSSR count). The molecule has 0 N–H and O–H groups in total. The highest BCUT2D eigenvalue weighted by Gasteiger charge is 2.19. The third kappa shape index (κ3) is 5.05. The highest BCUT2D eigenvalue weighted by atomic mass is 16.5. The Morgan fingerprint density at radius 3 is 2.41 bits per heavy atom. The van der Waals surface area contributed by atoms with Gasteiger partial charge in [0.25, 0.3) is 0 Å². The van der Waals surface area contributed by atoms with Gasteiger partial charge >= 0.3 is 0 Å². The molecule has 5 nitrogen and oxygen atoms in total. The quantitative estimate of drug-likeness (QED) is 0.377. The maximum absolute atomic E-state index is 5.98. The monoisotopic (exact) mass is 452 g/mol. The van der Waals surface area contributed by atoms with Crippen molar-refractivity contribution in [2.24, 2.45) is 0 Å². The molecule has 0 bridgehead atoms. The van der Waals surface area contributed by atoms with Crippen LogP contribution in [0.25, 0.3) is 22.0 Å². The van der Waals surface area contributed by atoms with Crippen LogP contribution in [0.3, 0.4) is 0 Å². The number of aromatic nitrogens is 2. The molecule has 5 heteroatoms. The van der Waals surface area contributed by atoms with Gasteiger partial charge in [0.1, 0.15) is 11.6 Å². The zero-order chi connectivity index (χ0) is 23.3. The number of benzene rings is 2. The number of anilines is 1. The van der Waals surface area contributed by atoms with Crippen LogP contribution in [0.15, 0.2) is 72.8 Å². The molecule has 0 radical (unpaired) electrons. The summed E-state index contributed by atoms with van der Waals surface area (Å²) in [5.74, 6) is 1.96. The summed E-state index contributed by atoms with van der Waals surface area (Å²) < 4.78 is 5.98. The molecule has 0 unspecified atom stereocenters. The standard InChI is InChI=1S/C29H32N4O/c1-3-32-16-18-33(19-17-32)29-27-10-5-4-8-24(27)21-28(31-29)23-11-13-26(14-12-23)34-20-15-25-9-6-7-22(2)30-25/h4-14,21H,3,15-20H2,1-2H3. The summed E-state index contributed by atoms with van der Waals surface area (Å²) in [6, 6.07) is 25.2. The van der Waals surface area contributed by atoms with Gasteiger partial charge in [-0.25, -0.2) is 4.98 Å². The van der Waals surface area contributed by atoms with Crippen LogP contribution in [0, 0.1) is 6.92 Å². The summed E-state index contributed by atoms with van der Waals surface area (Å²) >= 11 is 0. The summed E-state index contributed by atoms with van der Waals surface area (Å²) in [4.78, 5) is 14.6. The molecule has 34 heavy (non-hydrogen) atoms. The molecule has 1 aliphatic rings. The molecule has 0 atom stereocenters. The SMILES string of the molecule is CCN1CCN(c2nc(-c3ccc(OCCc4cccc(C)n4)cc3)cc3ccccc23)CC1. The van der Waals surface area contributed by atoms with E-state index in [4.69, 9.17) is 9.72 Å². The Morgan fingerprint density at radius 2 is 1.65 bits per heavy atom. The maximum atomic E-state index is 5.98. The molecule has 0 aliphatic carbocycles. The zero-order valence-electron chi connectivity index (χ0n) is 20.1. The molecule has 174 valence electrons. The first-order valence-electron chi connectivity index (χ1n) is 12.2. The minimum absolute atomic E-state index is 0.609. The van der Waals surface area contributed by atoms with Crippen LogP contribution >= 0.6 is 0 Å². The highest BCUT2D eigenvalue weighted by Crippen LogP contribution is 2.31. The maximum Gasteiger partial charge on any atom is 0.137 e. The predicted molar refractivity (Wildman–Crippen MR) is 140 cm³/mol. The Labute approximate surface area is 202 Å². The van der Waals surface area contributed by atoms with E-state index in [2.05, 4.69) is 64.2 Å². The van der Waals surface area contributed by atoms with Crippen molar-refractivity contribution >= 4 is 16.6 Å². The van der Waals surface area contributed by atoms with Gasteiger partial charge in [0, 0.05) is 54.9 Å². The molecule has 4 aromatic rings. The van der Waals surface area contributed by atoms with Crippen LogP contribution in [-0.4, -0.2) is 54.2 Å². The lowest BCUT2D eigenvalue weighted by atomic mass is 10.1. The Kier molecular flexibility index (Phi) is 6.72. The van der Waals surface area contributed by atoms with Crippen LogP contribution < -0.4 is 9.64 Å². The number of aryl methyl sites for hydroxylation is 1. The largest absolute Gasteiger partial charge is 0.493 e. The van der Waals surface area contributed by atoms with E-state index in [0.29, 0.717) is 6.61 Å². The number of ether oxygens (including phenoxy) is 1. The van der Waals surface area contributed by atoms with E-state index in [1.54, 1.807) is 0 Å². The zero-order valence-corrected chi connectivity index (χ0v) is 20.1. The van der Waals surface area contributed by atoms with Crippen molar-refractivity contribution in [3.63, 3.8) is 0 Å². The number of nitrogens with zero attached hydrogens (tertiary/aromatic N) is 4. The van der Waals surface area contributed by atoms with E-state index in [-0.39, 0.29) is 0 Å². The Morgan fingerprint density at radius 1 is 0.853 bits per heavy atom. The van der Waals surface area contributed by atoms with E-state index in [9.17, 15) is 0 Å². The van der Waals surface area contributed by atoms with Crippen molar-refractivity contribution in [1.82, 2.24) is 14.9 Å². The molecule has 0 spiro atoms. The van der Waals surface area contributed by atoms with E-state index in [1.165, 1.54) is 10.8 Å². The van der Waals surface area contributed by atoms with Crippen molar-refractivity contribution in [1.29, 1.82) is 0 Å². The first kappa shape index (κ1) is 22.4. The minimum Gasteiger partial charge on any atom is -0.493 e. The fourth-order valence-corrected chi connectivity index (χ4v) is 4.58. The second kappa shape index (κ2) is 10.2. The summed E-state index contributed by atoms with van der Waals surface area (Å²) in [7, 11) is 0. The van der Waals surface area contributed by atoms with E-state index >= 15 is 0 Å². The number of rotatable bonds is 7. The number of piperazine rings is 1. The molecule has 3 heterocycles. The van der Waals surface area contributed by atoms with Gasteiger partial charge in [-0.1, -0.05) is 37.3 Å². The predicted octanol–water partition coefficient (Wildman–Crippen LogP) is 5.37. The first-order valence-corrected chi connectivity index (χ1v) is 12.2. The third-order valence-corrected chi connectivity index (χ3v) is 6.56. The van der Waals surface area contributed by atoms with Crippen molar-refractivity contribution in [2.45, 2.75) is 20.3 Å². The lowest BCUT2D eigenvalue weighted by Gasteiger charge is -2.35. The normalized spacial score (nSPS) is 14.5. The van der Waals surface area contributed by atoms with Crippen LogP contribution in [0.2, 0.25) is 0 Å². The molecular weight excluding hydrogens is 420 g/mol. The van der Waals surface area contributed by atoms with E-state index in [0.717, 1.165) is 73.4 Å². The van der Waals surface area contributed by atoms with Gasteiger partial charge in [0.2, 0.25) is 0 Å². The summed E-state index contributed by atoms with van der Waals surface area (Å²) in [6.45, 7) is 10.2. The van der Waals surface area contributed by atoms with Crippen LogP contribution in [-0.2, 0) is 6.42 Å². The van der Waals surface area contributed by atoms with Gasteiger partial charge in [-0.15, -0.1) is 0 Å². The number of hydrogen-bond donors (Lipinski definition) is 0. The van der Waals surface area contributed by atoms with Gasteiger partial charge in [0.15, 0.2) is 0 Å². The van der Waals surface area contributed by atoms with Gasteiger partial charge in [-0.2, -0.15) is 0 Å². The van der Waals surface area contributed by atoms with Gasteiger partial charge in [-0.05, 0) is 61.3 Å². The molecule has 1 aliphatic heterocycles. The van der Waals surface area contributed by atoms with E-state index < -0.39 is 0 Å². The van der Waals surface area contributed by atoms with Gasteiger partial charge < -0.3 is 14.5 Å². The smallest absolute Gasteiger partial charge is 0.137 e. The fourth-order valence-electron chi connectivity index (χ4n) is 4.58. The Hall–Kier alpha value is -3.44. The van der Waals surface area contributed by atoms with Crippen LogP contribution in [0.5, 0.6) is 5.75 Å². The Balaban J connectivity index is 1.33. The van der Waals surface area contributed by atoms with Crippen molar-refractivity contribution in [3.8, 4) is 17.0 Å². The van der Waals surface area contributed by atoms with Gasteiger partial charge in [-0.3, -0.25) is 4.98 Å². The third-order valence-electron chi connectivity index (χ3n) is 6.56. The average Bonchev–Trinajstić information content (AvgIpc) is 2.88. The summed E-state index contributed by atoms with van der Waals surface area (Å²) in [5.41, 5.74) is 4.20. The summed E-state index contributed by atoms with van der Waals surface area (Å²) in [6.07, 6.45) is 0.796. The van der Waals surface area contributed by atoms with Crippen molar-refractivity contribution in [3.05, 3.63) is 84.2 Å². The van der Waals surface area contributed by atoms with Crippen LogP contribution in [0.4, 0.5) is 5.82 Å². The minimum atomic E-state index is 0.609. The number of likely N-dealkylation sites (N-methyl/N-ethyl adjacent to an activating group) is 1. The number of hydrogen-bond acceptors (Lipinski definition) is 5. The molecule has 2 aromatic carbocycles. The lowest BCUT2D eigenvalue weighted by Crippen LogP contribution is -2.46. The summed E-state index contributed by atoms with van der Waals surface area (Å²) in [5, 5.41) is 2.45. The molecule has 0 amide bonds. The van der Waals surface area contributed by atoms with Crippen LogP contribution in [0.1, 0.15) is 18.3 Å². The van der Waals surface area contributed by atoms with Crippen molar-refractivity contribution in [2.75, 3.05) is 44.2 Å². The molecule has 0 saturated carbocycles. The van der Waals surface area contributed by atoms with E-state index in [1.807, 2.05) is 37.3 Å². The molecule has 1 fully saturated rings.